The second-order valence-electron chi connectivity index (χ2n) is 5.83. The number of likely N-dealkylation sites (tertiary alicyclic amines) is 1. The average Bonchev–Trinajstić information content (AvgIpc) is 2.94. The van der Waals surface area contributed by atoms with E-state index in [1.807, 2.05) is 19.1 Å². The minimum atomic E-state index is -4.49. The van der Waals surface area contributed by atoms with Gasteiger partial charge in [-0.05, 0) is 38.0 Å². The molecule has 24 heavy (non-hydrogen) atoms. The number of rotatable bonds is 4. The minimum Gasteiger partial charge on any atom is -0.465 e. The van der Waals surface area contributed by atoms with E-state index in [1.165, 1.54) is 0 Å². The molecule has 1 aliphatic heterocycles. The summed E-state index contributed by atoms with van der Waals surface area (Å²) in [6, 6.07) is 4.50. The van der Waals surface area contributed by atoms with Gasteiger partial charge in [-0.3, -0.25) is 4.90 Å². The van der Waals surface area contributed by atoms with E-state index in [-0.39, 0.29) is 12.1 Å². The molecule has 0 spiro atoms. The van der Waals surface area contributed by atoms with Gasteiger partial charge in [0.2, 0.25) is 0 Å². The number of hydrogen-bond donors (Lipinski definition) is 0. The highest BCUT2D eigenvalue weighted by Crippen LogP contribution is 2.28. The summed E-state index contributed by atoms with van der Waals surface area (Å²) in [5.74, 6) is 1.79. The Morgan fingerprint density at radius 2 is 2.00 bits per heavy atom. The Labute approximate surface area is 137 Å². The highest BCUT2D eigenvalue weighted by atomic mass is 19.4. The van der Waals surface area contributed by atoms with Gasteiger partial charge < -0.3 is 9.15 Å². The fraction of sp³-hybridized carbons (Fsp3) is 0.500. The Morgan fingerprint density at radius 1 is 1.25 bits per heavy atom. The summed E-state index contributed by atoms with van der Waals surface area (Å²) in [4.78, 5) is 9.44. The molecule has 2 aromatic heterocycles. The van der Waals surface area contributed by atoms with Crippen molar-refractivity contribution in [3.8, 4) is 6.01 Å². The van der Waals surface area contributed by atoms with Crippen molar-refractivity contribution >= 4 is 0 Å². The smallest absolute Gasteiger partial charge is 0.433 e. The normalized spacial score (nSPS) is 17.2. The molecular formula is C16H18F3N3O2. The second kappa shape index (κ2) is 6.80. The van der Waals surface area contributed by atoms with Crippen molar-refractivity contribution in [3.63, 3.8) is 0 Å². The fourth-order valence-electron chi connectivity index (χ4n) is 2.68. The van der Waals surface area contributed by atoms with E-state index < -0.39 is 11.9 Å². The van der Waals surface area contributed by atoms with Gasteiger partial charge in [-0.2, -0.15) is 18.2 Å². The molecule has 0 aromatic carbocycles. The van der Waals surface area contributed by atoms with E-state index in [0.717, 1.165) is 43.4 Å². The molecule has 0 atom stereocenters. The highest BCUT2D eigenvalue weighted by Gasteiger charge is 2.33. The van der Waals surface area contributed by atoms with Crippen LogP contribution < -0.4 is 4.74 Å². The third-order valence-electron chi connectivity index (χ3n) is 3.91. The van der Waals surface area contributed by atoms with E-state index in [2.05, 4.69) is 14.9 Å². The van der Waals surface area contributed by atoms with E-state index in [1.54, 1.807) is 0 Å². The van der Waals surface area contributed by atoms with Gasteiger partial charge >= 0.3 is 12.2 Å². The maximum absolute atomic E-state index is 12.6. The van der Waals surface area contributed by atoms with Crippen molar-refractivity contribution in [1.29, 1.82) is 0 Å². The number of furan rings is 1. The molecule has 8 heteroatoms. The molecular weight excluding hydrogens is 323 g/mol. The number of nitrogens with zero attached hydrogens (tertiary/aromatic N) is 3. The molecule has 130 valence electrons. The second-order valence-corrected chi connectivity index (χ2v) is 5.83. The summed E-state index contributed by atoms with van der Waals surface area (Å²) < 4.78 is 49.0. The highest BCUT2D eigenvalue weighted by molar-refractivity contribution is 5.09. The molecule has 0 bridgehead atoms. The van der Waals surface area contributed by atoms with Crippen LogP contribution in [-0.2, 0) is 12.7 Å². The lowest BCUT2D eigenvalue weighted by Gasteiger charge is -2.31. The first-order valence-electron chi connectivity index (χ1n) is 7.75. The van der Waals surface area contributed by atoms with E-state index in [9.17, 15) is 13.2 Å². The van der Waals surface area contributed by atoms with Gasteiger partial charge in [-0.15, -0.1) is 0 Å². The molecule has 1 saturated heterocycles. The number of aromatic nitrogens is 2. The Morgan fingerprint density at radius 3 is 2.62 bits per heavy atom. The largest absolute Gasteiger partial charge is 0.465 e. The van der Waals surface area contributed by atoms with Gasteiger partial charge in [-0.1, -0.05) is 0 Å². The van der Waals surface area contributed by atoms with Crippen LogP contribution in [0.3, 0.4) is 0 Å². The summed E-state index contributed by atoms with van der Waals surface area (Å²) in [5.41, 5.74) is -0.988. The van der Waals surface area contributed by atoms with Crippen molar-refractivity contribution < 1.29 is 22.3 Å². The third-order valence-corrected chi connectivity index (χ3v) is 3.91. The Bertz CT molecular complexity index is 679. The lowest BCUT2D eigenvalue weighted by Crippen LogP contribution is -2.38. The number of alkyl halides is 3. The molecule has 0 N–H and O–H groups in total. The molecule has 3 heterocycles. The molecule has 0 unspecified atom stereocenters. The average molecular weight is 341 g/mol. The number of piperidine rings is 1. The fourth-order valence-corrected chi connectivity index (χ4v) is 2.68. The summed E-state index contributed by atoms with van der Waals surface area (Å²) in [6.07, 6.45) is -2.19. The first-order valence-corrected chi connectivity index (χ1v) is 7.75. The topological polar surface area (TPSA) is 51.4 Å². The first-order chi connectivity index (χ1) is 11.4. The monoisotopic (exact) mass is 341 g/mol. The molecule has 5 nitrogen and oxygen atoms in total. The lowest BCUT2D eigenvalue weighted by atomic mass is 10.1. The van der Waals surface area contributed by atoms with Crippen LogP contribution in [0.5, 0.6) is 6.01 Å². The zero-order valence-electron chi connectivity index (χ0n) is 13.2. The standard InChI is InChI=1S/C16H18F3N3O2/c1-11-2-3-13(23-11)10-22-8-5-12(6-9-22)24-15-20-7-4-14(21-15)16(17,18)19/h2-4,7,12H,5-6,8-10H2,1H3. The summed E-state index contributed by atoms with van der Waals surface area (Å²) in [7, 11) is 0. The predicted molar refractivity (Wildman–Crippen MR) is 79.4 cm³/mol. The van der Waals surface area contributed by atoms with Crippen molar-refractivity contribution in [3.05, 3.63) is 41.6 Å². The Kier molecular flexibility index (Phi) is 4.75. The van der Waals surface area contributed by atoms with Crippen LogP contribution in [0.2, 0.25) is 0 Å². The maximum atomic E-state index is 12.6. The molecule has 0 saturated carbocycles. The number of ether oxygens (including phenoxy) is 1. The lowest BCUT2D eigenvalue weighted by molar-refractivity contribution is -0.141. The molecule has 1 aliphatic rings. The number of halogens is 3. The minimum absolute atomic E-state index is 0.178. The Balaban J connectivity index is 1.52. The van der Waals surface area contributed by atoms with Crippen LogP contribution in [0.4, 0.5) is 13.2 Å². The molecule has 2 aromatic rings. The predicted octanol–water partition coefficient (Wildman–Crippen LogP) is 3.44. The van der Waals surface area contributed by atoms with E-state index in [4.69, 9.17) is 9.15 Å². The van der Waals surface area contributed by atoms with Gasteiger partial charge in [0.15, 0.2) is 5.69 Å². The van der Waals surface area contributed by atoms with E-state index >= 15 is 0 Å². The van der Waals surface area contributed by atoms with Gasteiger partial charge in [0.05, 0.1) is 6.54 Å². The molecule has 0 amide bonds. The van der Waals surface area contributed by atoms with Crippen LogP contribution in [0.25, 0.3) is 0 Å². The zero-order chi connectivity index (χ0) is 17.2. The molecule has 0 radical (unpaired) electrons. The molecule has 0 aliphatic carbocycles. The maximum Gasteiger partial charge on any atom is 0.433 e. The molecule has 1 fully saturated rings. The van der Waals surface area contributed by atoms with Gasteiger partial charge in [0.1, 0.15) is 17.6 Å². The van der Waals surface area contributed by atoms with Crippen LogP contribution in [0.15, 0.2) is 28.8 Å². The van der Waals surface area contributed by atoms with Gasteiger partial charge in [0.25, 0.3) is 0 Å². The van der Waals surface area contributed by atoms with Gasteiger partial charge in [0, 0.05) is 19.3 Å². The summed E-state index contributed by atoms with van der Waals surface area (Å²) >= 11 is 0. The zero-order valence-corrected chi connectivity index (χ0v) is 13.2. The summed E-state index contributed by atoms with van der Waals surface area (Å²) in [6.45, 7) is 4.19. The number of aryl methyl sites for hydroxylation is 1. The summed E-state index contributed by atoms with van der Waals surface area (Å²) in [5, 5.41) is 0. The quantitative estimate of drug-likeness (QED) is 0.853. The van der Waals surface area contributed by atoms with Crippen molar-refractivity contribution in [2.75, 3.05) is 13.1 Å². The Hall–Kier alpha value is -2.09. The third kappa shape index (κ3) is 4.25. The van der Waals surface area contributed by atoms with Crippen molar-refractivity contribution in [2.24, 2.45) is 0 Å². The van der Waals surface area contributed by atoms with Crippen molar-refractivity contribution in [2.45, 2.75) is 38.6 Å². The van der Waals surface area contributed by atoms with Crippen LogP contribution >= 0.6 is 0 Å². The SMILES string of the molecule is Cc1ccc(CN2CCC(Oc3nccc(C(F)(F)F)n3)CC2)o1. The van der Waals surface area contributed by atoms with Crippen LogP contribution in [-0.4, -0.2) is 34.1 Å². The van der Waals surface area contributed by atoms with E-state index in [0.29, 0.717) is 12.8 Å². The van der Waals surface area contributed by atoms with Gasteiger partial charge in [-0.25, -0.2) is 4.98 Å². The number of hydrogen-bond acceptors (Lipinski definition) is 5. The first kappa shape index (κ1) is 16.8. The van der Waals surface area contributed by atoms with Crippen LogP contribution in [0.1, 0.15) is 30.1 Å². The van der Waals surface area contributed by atoms with Crippen LogP contribution in [0, 0.1) is 6.92 Å². The molecule has 3 rings (SSSR count). The van der Waals surface area contributed by atoms with Crippen molar-refractivity contribution in [1.82, 2.24) is 14.9 Å².